The molecule has 0 radical (unpaired) electrons. The Balaban J connectivity index is 1.78. The normalized spacial score (nSPS) is 13.1. The van der Waals surface area contributed by atoms with Crippen LogP contribution in [0.3, 0.4) is 0 Å². The van der Waals surface area contributed by atoms with Gasteiger partial charge in [-0.15, -0.1) is 0 Å². The van der Waals surface area contributed by atoms with Crippen molar-refractivity contribution < 1.29 is 14.1 Å². The smallest absolute Gasteiger partial charge is 0.271 e. The van der Waals surface area contributed by atoms with Crippen molar-refractivity contribution in [1.82, 2.24) is 15.1 Å². The van der Waals surface area contributed by atoms with Crippen LogP contribution in [0.1, 0.15) is 21.6 Å². The molecular formula is C19H15FN4O3. The summed E-state index contributed by atoms with van der Waals surface area (Å²) in [6.45, 7) is -0.201. The van der Waals surface area contributed by atoms with E-state index in [-0.39, 0.29) is 17.3 Å². The molecule has 1 amide bonds. The van der Waals surface area contributed by atoms with Crippen LogP contribution >= 0.6 is 0 Å². The van der Waals surface area contributed by atoms with Crippen molar-refractivity contribution in [2.45, 2.75) is 13.1 Å². The second kappa shape index (κ2) is 6.64. The van der Waals surface area contributed by atoms with Gasteiger partial charge in [0.15, 0.2) is 0 Å². The Morgan fingerprint density at radius 1 is 1.22 bits per heavy atom. The summed E-state index contributed by atoms with van der Waals surface area (Å²) in [6.07, 6.45) is 2.36. The fourth-order valence-electron chi connectivity index (χ4n) is 3.23. The summed E-state index contributed by atoms with van der Waals surface area (Å²) in [5.74, 6) is -0.110. The lowest BCUT2D eigenvalue weighted by Crippen LogP contribution is -2.31. The van der Waals surface area contributed by atoms with Crippen LogP contribution in [0, 0.1) is 10.1 Å². The highest BCUT2D eigenvalue weighted by Crippen LogP contribution is 2.29. The summed E-state index contributed by atoms with van der Waals surface area (Å²) in [5, 5.41) is 18.0. The molecule has 2 heterocycles. The minimum atomic E-state index is -0.769. The van der Waals surface area contributed by atoms with Crippen LogP contribution in [-0.4, -0.2) is 27.2 Å². The monoisotopic (exact) mass is 366 g/mol. The van der Waals surface area contributed by atoms with Crippen molar-refractivity contribution in [3.63, 3.8) is 0 Å². The molecule has 0 saturated carbocycles. The zero-order chi connectivity index (χ0) is 19.0. The second-order valence-corrected chi connectivity index (χ2v) is 6.22. The highest BCUT2D eigenvalue weighted by atomic mass is 19.1. The lowest BCUT2D eigenvalue weighted by atomic mass is 9.95. The minimum Gasteiger partial charge on any atom is -0.352 e. The van der Waals surface area contributed by atoms with Crippen molar-refractivity contribution >= 4 is 11.6 Å². The van der Waals surface area contributed by atoms with Crippen molar-refractivity contribution in [2.24, 2.45) is 0 Å². The van der Waals surface area contributed by atoms with Crippen molar-refractivity contribution in [3.05, 3.63) is 75.6 Å². The third-order valence-corrected chi connectivity index (χ3v) is 4.56. The number of halogens is 1. The molecule has 0 atom stereocenters. The maximum atomic E-state index is 13.6. The predicted molar refractivity (Wildman–Crippen MR) is 96.5 cm³/mol. The fraction of sp³-hybridized carbons (Fsp3) is 0.158. The highest BCUT2D eigenvalue weighted by Gasteiger charge is 2.19. The standard InChI is InChI=1S/C19H15FN4O3/c20-10-18-17(12-4-5-16-13(8-12)6-7-21-19(16)25)11-23(22-18)14-2-1-3-15(9-14)24(26)27/h1-5,8-9,11H,6-7,10H2,(H,21,25). The lowest BCUT2D eigenvalue weighted by molar-refractivity contribution is -0.384. The number of nitro benzene ring substituents is 1. The summed E-state index contributed by atoms with van der Waals surface area (Å²) in [4.78, 5) is 22.4. The first-order chi connectivity index (χ1) is 13.1. The van der Waals surface area contributed by atoms with Crippen LogP contribution < -0.4 is 5.32 Å². The first-order valence-corrected chi connectivity index (χ1v) is 8.37. The second-order valence-electron chi connectivity index (χ2n) is 6.22. The van der Waals surface area contributed by atoms with E-state index >= 15 is 0 Å². The van der Waals surface area contributed by atoms with Crippen molar-refractivity contribution in [3.8, 4) is 16.8 Å². The van der Waals surface area contributed by atoms with Gasteiger partial charge in [0.05, 0.1) is 10.6 Å². The number of benzene rings is 2. The highest BCUT2D eigenvalue weighted by molar-refractivity contribution is 5.97. The van der Waals surface area contributed by atoms with Gasteiger partial charge < -0.3 is 5.32 Å². The molecule has 1 N–H and O–H groups in total. The molecule has 1 aliphatic heterocycles. The molecule has 0 aliphatic carbocycles. The molecule has 1 aromatic heterocycles. The van der Waals surface area contributed by atoms with E-state index in [1.165, 1.54) is 16.8 Å². The molecule has 27 heavy (non-hydrogen) atoms. The zero-order valence-electron chi connectivity index (χ0n) is 14.2. The first-order valence-electron chi connectivity index (χ1n) is 8.37. The Hall–Kier alpha value is -3.55. The molecule has 0 bridgehead atoms. The summed E-state index contributed by atoms with van der Waals surface area (Å²) >= 11 is 0. The molecule has 3 aromatic rings. The molecule has 8 heteroatoms. The Bertz CT molecular complexity index is 1060. The number of aromatic nitrogens is 2. The number of nitrogens with zero attached hydrogens (tertiary/aromatic N) is 3. The van der Waals surface area contributed by atoms with Crippen LogP contribution in [0.25, 0.3) is 16.8 Å². The van der Waals surface area contributed by atoms with Gasteiger partial charge in [0, 0.05) is 36.0 Å². The molecule has 0 saturated heterocycles. The number of nitrogens with one attached hydrogen (secondary N) is 1. The third kappa shape index (κ3) is 3.05. The van der Waals surface area contributed by atoms with Gasteiger partial charge in [0.2, 0.25) is 0 Å². The summed E-state index contributed by atoms with van der Waals surface area (Å²) < 4.78 is 15.0. The largest absolute Gasteiger partial charge is 0.352 e. The minimum absolute atomic E-state index is 0.0638. The van der Waals surface area contributed by atoms with Crippen molar-refractivity contribution in [1.29, 1.82) is 0 Å². The summed E-state index contributed by atoms with van der Waals surface area (Å²) in [7, 11) is 0. The number of alkyl halides is 1. The van der Waals surface area contributed by atoms with Gasteiger partial charge in [-0.2, -0.15) is 5.10 Å². The Labute approximate surface area is 153 Å². The SMILES string of the molecule is O=C1NCCc2cc(-c3cn(-c4cccc([N+](=O)[O-])c4)nc3CF)ccc21. The molecule has 0 spiro atoms. The van der Waals surface area contributed by atoms with E-state index in [1.807, 2.05) is 6.07 Å². The number of rotatable bonds is 4. The van der Waals surface area contributed by atoms with Crippen LogP contribution in [0.4, 0.5) is 10.1 Å². The predicted octanol–water partition coefficient (Wildman–Crippen LogP) is 3.20. The number of carbonyl (C=O) groups excluding carboxylic acids is 1. The first kappa shape index (κ1) is 16.9. The van der Waals surface area contributed by atoms with Crippen molar-refractivity contribution in [2.75, 3.05) is 6.54 Å². The van der Waals surface area contributed by atoms with Gasteiger partial charge in [0.1, 0.15) is 12.4 Å². The average molecular weight is 366 g/mol. The number of non-ortho nitro benzene ring substituents is 1. The van der Waals surface area contributed by atoms with Crippen LogP contribution in [0.5, 0.6) is 0 Å². The lowest BCUT2D eigenvalue weighted by Gasteiger charge is -2.17. The number of nitro groups is 1. The summed E-state index contributed by atoms with van der Waals surface area (Å²) in [5.41, 5.74) is 3.53. The molecule has 1 aliphatic rings. The third-order valence-electron chi connectivity index (χ3n) is 4.56. The van der Waals surface area contributed by atoms with Gasteiger partial charge in [0.25, 0.3) is 11.6 Å². The molecule has 0 fully saturated rings. The van der Waals surface area contributed by atoms with E-state index in [9.17, 15) is 19.3 Å². The number of hydrogen-bond donors (Lipinski definition) is 1. The van der Waals surface area contributed by atoms with Gasteiger partial charge in [-0.1, -0.05) is 18.2 Å². The summed E-state index contributed by atoms with van der Waals surface area (Å²) in [6, 6.07) is 11.4. The molecular weight excluding hydrogens is 351 g/mol. The Morgan fingerprint density at radius 2 is 2.07 bits per heavy atom. The quantitative estimate of drug-likeness (QED) is 0.567. The van der Waals surface area contributed by atoms with E-state index in [2.05, 4.69) is 10.4 Å². The van der Waals surface area contributed by atoms with Gasteiger partial charge >= 0.3 is 0 Å². The zero-order valence-corrected chi connectivity index (χ0v) is 14.2. The van der Waals surface area contributed by atoms with Crippen LogP contribution in [0.2, 0.25) is 0 Å². The maximum Gasteiger partial charge on any atom is 0.271 e. The van der Waals surface area contributed by atoms with E-state index in [0.717, 1.165) is 11.1 Å². The molecule has 4 rings (SSSR count). The molecule has 2 aromatic carbocycles. The van der Waals surface area contributed by atoms with E-state index < -0.39 is 11.6 Å². The van der Waals surface area contributed by atoms with Crippen LogP contribution in [-0.2, 0) is 13.1 Å². The maximum absolute atomic E-state index is 13.6. The number of fused-ring (bicyclic) bond motifs is 1. The Morgan fingerprint density at radius 3 is 2.85 bits per heavy atom. The topological polar surface area (TPSA) is 90.1 Å². The average Bonchev–Trinajstić information content (AvgIpc) is 3.12. The fourth-order valence-corrected chi connectivity index (χ4v) is 3.23. The molecule has 7 nitrogen and oxygen atoms in total. The van der Waals surface area contributed by atoms with E-state index in [4.69, 9.17) is 0 Å². The van der Waals surface area contributed by atoms with Gasteiger partial charge in [-0.25, -0.2) is 9.07 Å². The van der Waals surface area contributed by atoms with E-state index in [1.54, 1.807) is 30.5 Å². The van der Waals surface area contributed by atoms with Gasteiger partial charge in [-0.05, 0) is 29.7 Å². The molecule has 136 valence electrons. The van der Waals surface area contributed by atoms with Crippen LogP contribution in [0.15, 0.2) is 48.7 Å². The number of amides is 1. The van der Waals surface area contributed by atoms with E-state index in [0.29, 0.717) is 29.8 Å². The Kier molecular flexibility index (Phi) is 4.15. The number of carbonyl (C=O) groups is 1. The van der Waals surface area contributed by atoms with Gasteiger partial charge in [-0.3, -0.25) is 14.9 Å². The number of hydrogen-bond acceptors (Lipinski definition) is 4. The molecule has 0 unspecified atom stereocenters.